The number of carboxylic acid groups (broad SMARTS) is 1. The fraction of sp³-hybridized carbons (Fsp3) is 0.417. The van der Waals surface area contributed by atoms with E-state index in [1.807, 2.05) is 0 Å². The van der Waals surface area contributed by atoms with Crippen LogP contribution in [0.3, 0.4) is 0 Å². The highest BCUT2D eigenvalue weighted by atomic mass is 35.5. The number of carbonyl (C=O) groups is 1. The Labute approximate surface area is 127 Å². The van der Waals surface area contributed by atoms with Gasteiger partial charge in [-0.05, 0) is 24.1 Å². The Kier molecular flexibility index (Phi) is 4.30. The fourth-order valence-corrected chi connectivity index (χ4v) is 4.56. The Morgan fingerprint density at radius 1 is 1.25 bits per heavy atom. The maximum absolute atomic E-state index is 12.5. The molecule has 5 nitrogen and oxygen atoms in total. The van der Waals surface area contributed by atoms with Crippen LogP contribution in [0.5, 0.6) is 0 Å². The molecule has 110 valence electrons. The second-order valence-electron chi connectivity index (χ2n) is 4.85. The van der Waals surface area contributed by atoms with E-state index in [0.717, 1.165) is 0 Å². The molecule has 1 aromatic carbocycles. The van der Waals surface area contributed by atoms with Crippen LogP contribution in [-0.4, -0.2) is 36.9 Å². The predicted octanol–water partition coefficient (Wildman–Crippen LogP) is 2.33. The molecule has 0 bridgehead atoms. The minimum atomic E-state index is -3.78. The second-order valence-corrected chi connectivity index (χ2v) is 7.66. The van der Waals surface area contributed by atoms with E-state index in [1.54, 1.807) is 6.92 Å². The summed E-state index contributed by atoms with van der Waals surface area (Å²) in [6.07, 6.45) is 0. The van der Waals surface area contributed by atoms with E-state index in [-0.39, 0.29) is 33.9 Å². The summed E-state index contributed by atoms with van der Waals surface area (Å²) >= 11 is 11.6. The van der Waals surface area contributed by atoms with Crippen molar-refractivity contribution in [3.05, 3.63) is 28.2 Å². The number of carboxylic acids is 1. The number of nitrogens with zero attached hydrogens (tertiary/aromatic N) is 1. The summed E-state index contributed by atoms with van der Waals surface area (Å²) in [5.74, 6) is -1.92. The molecule has 2 atom stereocenters. The lowest BCUT2D eigenvalue weighted by molar-refractivity contribution is -0.142. The number of hydrogen-bond acceptors (Lipinski definition) is 3. The lowest BCUT2D eigenvalue weighted by Gasteiger charge is -2.16. The molecule has 0 radical (unpaired) electrons. The lowest BCUT2D eigenvalue weighted by atomic mass is 9.99. The van der Waals surface area contributed by atoms with Crippen molar-refractivity contribution >= 4 is 39.2 Å². The van der Waals surface area contributed by atoms with Crippen molar-refractivity contribution in [2.75, 3.05) is 13.1 Å². The molecule has 0 saturated carbocycles. The topological polar surface area (TPSA) is 74.7 Å². The van der Waals surface area contributed by atoms with Crippen LogP contribution in [0.1, 0.15) is 6.92 Å². The van der Waals surface area contributed by atoms with Crippen LogP contribution in [0.15, 0.2) is 23.1 Å². The van der Waals surface area contributed by atoms with Crippen molar-refractivity contribution in [3.63, 3.8) is 0 Å². The van der Waals surface area contributed by atoms with Gasteiger partial charge < -0.3 is 5.11 Å². The van der Waals surface area contributed by atoms with Crippen LogP contribution in [-0.2, 0) is 14.8 Å². The van der Waals surface area contributed by atoms with Gasteiger partial charge in [-0.25, -0.2) is 8.42 Å². The van der Waals surface area contributed by atoms with E-state index in [0.29, 0.717) is 0 Å². The Morgan fingerprint density at radius 2 is 1.80 bits per heavy atom. The summed E-state index contributed by atoms with van der Waals surface area (Å²) in [6.45, 7) is 1.85. The van der Waals surface area contributed by atoms with Gasteiger partial charge in [0.2, 0.25) is 10.0 Å². The van der Waals surface area contributed by atoms with Crippen LogP contribution >= 0.6 is 23.2 Å². The third kappa shape index (κ3) is 2.93. The van der Waals surface area contributed by atoms with Crippen LogP contribution in [0.2, 0.25) is 10.0 Å². The van der Waals surface area contributed by atoms with Gasteiger partial charge in [-0.15, -0.1) is 0 Å². The zero-order valence-electron chi connectivity index (χ0n) is 10.6. The molecule has 1 aliphatic heterocycles. The van der Waals surface area contributed by atoms with Crippen molar-refractivity contribution < 1.29 is 18.3 Å². The average molecular weight is 338 g/mol. The van der Waals surface area contributed by atoms with Gasteiger partial charge >= 0.3 is 5.97 Å². The summed E-state index contributed by atoms with van der Waals surface area (Å²) in [4.78, 5) is 11.0. The Bertz CT molecular complexity index is 627. The van der Waals surface area contributed by atoms with E-state index in [9.17, 15) is 13.2 Å². The van der Waals surface area contributed by atoms with Crippen LogP contribution in [0, 0.1) is 11.8 Å². The number of benzene rings is 1. The molecule has 8 heteroatoms. The Morgan fingerprint density at radius 3 is 2.25 bits per heavy atom. The molecule has 1 fully saturated rings. The molecule has 0 spiro atoms. The highest BCUT2D eigenvalue weighted by molar-refractivity contribution is 7.89. The van der Waals surface area contributed by atoms with Crippen molar-refractivity contribution in [1.29, 1.82) is 0 Å². The summed E-state index contributed by atoms with van der Waals surface area (Å²) in [5, 5.41) is 9.50. The quantitative estimate of drug-likeness (QED) is 0.918. The monoisotopic (exact) mass is 337 g/mol. The maximum Gasteiger partial charge on any atom is 0.308 e. The second kappa shape index (κ2) is 5.52. The molecule has 1 aliphatic rings. The first-order chi connectivity index (χ1) is 9.21. The SMILES string of the molecule is CC1CN(S(=O)(=O)c2cc(Cl)cc(Cl)c2)CC1C(=O)O. The molecule has 0 aromatic heterocycles. The number of sulfonamides is 1. The average Bonchev–Trinajstić information content (AvgIpc) is 2.70. The Balaban J connectivity index is 2.34. The third-order valence-corrected chi connectivity index (χ3v) is 5.62. The molecule has 2 unspecified atom stereocenters. The molecule has 1 saturated heterocycles. The molecular weight excluding hydrogens is 325 g/mol. The summed E-state index contributed by atoms with van der Waals surface area (Å²) < 4.78 is 26.1. The van der Waals surface area contributed by atoms with E-state index in [2.05, 4.69) is 0 Å². The normalized spacial score (nSPS) is 23.9. The van der Waals surface area contributed by atoms with Gasteiger partial charge in [0.25, 0.3) is 0 Å². The van der Waals surface area contributed by atoms with Crippen molar-refractivity contribution in [2.24, 2.45) is 11.8 Å². The van der Waals surface area contributed by atoms with Gasteiger partial charge in [0.05, 0.1) is 10.8 Å². The number of halogens is 2. The third-order valence-electron chi connectivity index (χ3n) is 3.37. The highest BCUT2D eigenvalue weighted by Gasteiger charge is 2.40. The Hall–Kier alpha value is -0.820. The van der Waals surface area contributed by atoms with E-state index < -0.39 is 21.9 Å². The van der Waals surface area contributed by atoms with E-state index in [4.69, 9.17) is 28.3 Å². The summed E-state index contributed by atoms with van der Waals surface area (Å²) in [7, 11) is -3.78. The summed E-state index contributed by atoms with van der Waals surface area (Å²) in [5.41, 5.74) is 0. The largest absolute Gasteiger partial charge is 0.481 e. The fourth-order valence-electron chi connectivity index (χ4n) is 2.27. The number of rotatable bonds is 3. The zero-order chi connectivity index (χ0) is 15.1. The minimum Gasteiger partial charge on any atom is -0.481 e. The van der Waals surface area contributed by atoms with Crippen LogP contribution < -0.4 is 0 Å². The minimum absolute atomic E-state index is 0.0201. The smallest absolute Gasteiger partial charge is 0.308 e. The van der Waals surface area contributed by atoms with Crippen molar-refractivity contribution in [2.45, 2.75) is 11.8 Å². The molecule has 0 aliphatic carbocycles. The molecule has 0 amide bonds. The highest BCUT2D eigenvalue weighted by Crippen LogP contribution is 2.30. The first kappa shape index (κ1) is 15.6. The summed E-state index contributed by atoms with van der Waals surface area (Å²) in [6, 6.07) is 4.05. The zero-order valence-corrected chi connectivity index (χ0v) is 12.9. The standard InChI is InChI=1S/C12H13Cl2NO4S/c1-7-5-15(6-11(7)12(16)17)20(18,19)10-3-8(13)2-9(14)4-10/h2-4,7,11H,5-6H2,1H3,(H,16,17). The molecule has 2 rings (SSSR count). The lowest BCUT2D eigenvalue weighted by Crippen LogP contribution is -2.30. The van der Waals surface area contributed by atoms with Gasteiger partial charge in [-0.2, -0.15) is 4.31 Å². The van der Waals surface area contributed by atoms with Gasteiger partial charge in [-0.1, -0.05) is 30.1 Å². The van der Waals surface area contributed by atoms with Gasteiger partial charge in [0, 0.05) is 23.1 Å². The predicted molar refractivity (Wildman–Crippen MR) is 75.5 cm³/mol. The molecule has 20 heavy (non-hydrogen) atoms. The van der Waals surface area contributed by atoms with Crippen LogP contribution in [0.4, 0.5) is 0 Å². The maximum atomic E-state index is 12.5. The number of aliphatic carboxylic acids is 1. The van der Waals surface area contributed by atoms with E-state index in [1.165, 1.54) is 22.5 Å². The van der Waals surface area contributed by atoms with Gasteiger partial charge in [-0.3, -0.25) is 4.79 Å². The van der Waals surface area contributed by atoms with Crippen molar-refractivity contribution in [1.82, 2.24) is 4.31 Å². The van der Waals surface area contributed by atoms with E-state index >= 15 is 0 Å². The van der Waals surface area contributed by atoms with Crippen LogP contribution in [0.25, 0.3) is 0 Å². The van der Waals surface area contributed by atoms with Gasteiger partial charge in [0.1, 0.15) is 0 Å². The number of hydrogen-bond donors (Lipinski definition) is 1. The molecule has 1 N–H and O–H groups in total. The van der Waals surface area contributed by atoms with Crippen molar-refractivity contribution in [3.8, 4) is 0 Å². The molecular formula is C12H13Cl2NO4S. The van der Waals surface area contributed by atoms with Gasteiger partial charge in [0.15, 0.2) is 0 Å². The first-order valence-corrected chi connectivity index (χ1v) is 8.10. The molecule has 1 aromatic rings. The molecule has 1 heterocycles. The first-order valence-electron chi connectivity index (χ1n) is 5.91.